The lowest BCUT2D eigenvalue weighted by Gasteiger charge is -2.24. The van der Waals surface area contributed by atoms with Gasteiger partial charge in [0.1, 0.15) is 11.6 Å². The van der Waals surface area contributed by atoms with Crippen LogP contribution in [0.4, 0.5) is 15.9 Å². The zero-order valence-electron chi connectivity index (χ0n) is 11.5. The fourth-order valence-electron chi connectivity index (χ4n) is 2.23. The fraction of sp³-hybridized carbons (Fsp3) is 0.200. The smallest absolute Gasteiger partial charge is 0.157 e. The maximum atomic E-state index is 14.1. The Labute approximate surface area is 121 Å². The van der Waals surface area contributed by atoms with Gasteiger partial charge in [0.05, 0.1) is 11.9 Å². The van der Waals surface area contributed by atoms with Gasteiger partial charge in [-0.1, -0.05) is 12.1 Å². The summed E-state index contributed by atoms with van der Waals surface area (Å²) in [5.74, 6) is 0.409. The van der Waals surface area contributed by atoms with Gasteiger partial charge in [0, 0.05) is 18.8 Å². The second-order valence-corrected chi connectivity index (χ2v) is 4.66. The first-order valence-corrected chi connectivity index (χ1v) is 6.82. The Kier molecular flexibility index (Phi) is 3.79. The molecule has 2 N–H and O–H groups in total. The van der Waals surface area contributed by atoms with E-state index in [2.05, 4.69) is 10.1 Å². The zero-order valence-corrected chi connectivity index (χ0v) is 11.5. The molecule has 0 amide bonds. The number of rotatable bonds is 5. The molecule has 0 atom stereocenters. The minimum atomic E-state index is -0.273. The molecule has 5 nitrogen and oxygen atoms in total. The fourth-order valence-corrected chi connectivity index (χ4v) is 2.23. The number of nitrogens with zero attached hydrogens (tertiary/aromatic N) is 4. The van der Waals surface area contributed by atoms with Gasteiger partial charge in [-0.3, -0.25) is 0 Å². The summed E-state index contributed by atoms with van der Waals surface area (Å²) in [4.78, 5) is 6.37. The molecule has 21 heavy (non-hydrogen) atoms. The zero-order chi connectivity index (χ0) is 14.7. The molecule has 0 saturated carbocycles. The minimum Gasteiger partial charge on any atom is -0.330 e. The third-order valence-corrected chi connectivity index (χ3v) is 3.25. The summed E-state index contributed by atoms with van der Waals surface area (Å²) < 4.78 is 15.8. The van der Waals surface area contributed by atoms with Crippen LogP contribution in [0.5, 0.6) is 0 Å². The summed E-state index contributed by atoms with van der Waals surface area (Å²) in [6.45, 7) is 1.15. The van der Waals surface area contributed by atoms with Crippen molar-refractivity contribution >= 4 is 17.2 Å². The van der Waals surface area contributed by atoms with Crippen LogP contribution in [0.25, 0.3) is 5.65 Å². The van der Waals surface area contributed by atoms with E-state index in [0.717, 1.165) is 12.1 Å². The third-order valence-electron chi connectivity index (χ3n) is 3.25. The summed E-state index contributed by atoms with van der Waals surface area (Å²) in [6.07, 6.45) is 4.24. The number of hydrogen-bond acceptors (Lipinski definition) is 4. The summed E-state index contributed by atoms with van der Waals surface area (Å²) in [5.41, 5.74) is 6.82. The molecule has 0 saturated heterocycles. The van der Waals surface area contributed by atoms with Crippen molar-refractivity contribution in [3.8, 4) is 0 Å². The van der Waals surface area contributed by atoms with Crippen molar-refractivity contribution in [1.82, 2.24) is 14.6 Å². The van der Waals surface area contributed by atoms with Crippen molar-refractivity contribution in [2.75, 3.05) is 18.0 Å². The monoisotopic (exact) mass is 285 g/mol. The van der Waals surface area contributed by atoms with E-state index in [-0.39, 0.29) is 5.82 Å². The highest BCUT2D eigenvalue weighted by Crippen LogP contribution is 2.26. The number of anilines is 2. The van der Waals surface area contributed by atoms with E-state index in [1.165, 1.54) is 6.07 Å². The Hall–Kier alpha value is -2.47. The Balaban J connectivity index is 2.03. The molecule has 6 heteroatoms. The number of aromatic nitrogens is 3. The lowest BCUT2D eigenvalue weighted by atomic mass is 10.2. The lowest BCUT2D eigenvalue weighted by Crippen LogP contribution is -2.23. The predicted molar refractivity (Wildman–Crippen MR) is 80.1 cm³/mol. The number of benzene rings is 1. The summed E-state index contributed by atoms with van der Waals surface area (Å²) in [7, 11) is 0. The van der Waals surface area contributed by atoms with Crippen LogP contribution in [0.1, 0.15) is 6.42 Å². The molecular weight excluding hydrogens is 269 g/mol. The summed E-state index contributed by atoms with van der Waals surface area (Å²) in [6, 6.07) is 10.3. The summed E-state index contributed by atoms with van der Waals surface area (Å²) in [5, 5.41) is 4.11. The highest BCUT2D eigenvalue weighted by atomic mass is 19.1. The van der Waals surface area contributed by atoms with Crippen molar-refractivity contribution in [2.24, 2.45) is 5.73 Å². The number of nitrogens with two attached hydrogens (primary N) is 1. The molecule has 1 aromatic carbocycles. The van der Waals surface area contributed by atoms with Crippen LogP contribution in [0.15, 0.2) is 48.8 Å². The Morgan fingerprint density at radius 2 is 2.05 bits per heavy atom. The average Bonchev–Trinajstić information content (AvgIpc) is 2.97. The summed E-state index contributed by atoms with van der Waals surface area (Å²) >= 11 is 0. The van der Waals surface area contributed by atoms with Crippen molar-refractivity contribution in [1.29, 1.82) is 0 Å². The number of para-hydroxylation sites is 1. The number of fused-ring (bicyclic) bond motifs is 1. The second kappa shape index (κ2) is 5.88. The van der Waals surface area contributed by atoms with Crippen LogP contribution < -0.4 is 10.6 Å². The second-order valence-electron chi connectivity index (χ2n) is 4.66. The molecule has 0 aliphatic heterocycles. The van der Waals surface area contributed by atoms with E-state index in [9.17, 15) is 4.39 Å². The SMILES string of the molecule is NCCCN(c1ccn2nccc2n1)c1ccccc1F. The molecule has 0 spiro atoms. The van der Waals surface area contributed by atoms with E-state index < -0.39 is 0 Å². The van der Waals surface area contributed by atoms with Gasteiger partial charge >= 0.3 is 0 Å². The van der Waals surface area contributed by atoms with Crippen LogP contribution in [-0.2, 0) is 0 Å². The molecular formula is C15H16FN5. The maximum absolute atomic E-state index is 14.1. The molecule has 2 heterocycles. The van der Waals surface area contributed by atoms with Gasteiger partial charge in [0.2, 0.25) is 0 Å². The van der Waals surface area contributed by atoms with E-state index in [1.807, 2.05) is 29.3 Å². The van der Waals surface area contributed by atoms with Gasteiger partial charge < -0.3 is 10.6 Å². The predicted octanol–water partition coefficient (Wildman–Crippen LogP) is 2.36. The van der Waals surface area contributed by atoms with Crippen molar-refractivity contribution < 1.29 is 4.39 Å². The van der Waals surface area contributed by atoms with Gasteiger partial charge in [0.25, 0.3) is 0 Å². The van der Waals surface area contributed by atoms with Crippen molar-refractivity contribution in [3.05, 3.63) is 54.6 Å². The molecule has 108 valence electrons. The van der Waals surface area contributed by atoms with Gasteiger partial charge in [-0.25, -0.2) is 13.9 Å². The largest absolute Gasteiger partial charge is 0.330 e. The molecule has 0 bridgehead atoms. The normalized spacial score (nSPS) is 11.0. The quantitative estimate of drug-likeness (QED) is 0.781. The van der Waals surface area contributed by atoms with E-state index >= 15 is 0 Å². The first-order chi connectivity index (χ1) is 10.3. The first kappa shape index (κ1) is 13.5. The Morgan fingerprint density at radius 1 is 1.19 bits per heavy atom. The van der Waals surface area contributed by atoms with Gasteiger partial charge in [-0.2, -0.15) is 5.10 Å². The first-order valence-electron chi connectivity index (χ1n) is 6.82. The van der Waals surface area contributed by atoms with Gasteiger partial charge in [-0.15, -0.1) is 0 Å². The Bertz CT molecular complexity index is 740. The van der Waals surface area contributed by atoms with Crippen LogP contribution in [-0.4, -0.2) is 27.7 Å². The standard InChI is InChI=1S/C15H16FN5/c16-12-4-1-2-5-13(12)20(10-3-8-17)14-7-11-21-15(19-14)6-9-18-21/h1-2,4-7,9,11H,3,8,10,17H2. The van der Waals surface area contributed by atoms with Crippen molar-refractivity contribution in [3.63, 3.8) is 0 Å². The van der Waals surface area contributed by atoms with Gasteiger partial charge in [0.15, 0.2) is 5.65 Å². The molecule has 3 rings (SSSR count). The minimum absolute atomic E-state index is 0.273. The average molecular weight is 285 g/mol. The number of halogens is 1. The highest BCUT2D eigenvalue weighted by Gasteiger charge is 2.14. The molecule has 0 radical (unpaired) electrons. The van der Waals surface area contributed by atoms with Crippen LogP contribution >= 0.6 is 0 Å². The Morgan fingerprint density at radius 3 is 2.86 bits per heavy atom. The van der Waals surface area contributed by atoms with Crippen LogP contribution in [0.2, 0.25) is 0 Å². The molecule has 0 unspecified atom stereocenters. The molecule has 0 aliphatic carbocycles. The molecule has 0 fully saturated rings. The van der Waals surface area contributed by atoms with E-state index in [0.29, 0.717) is 24.6 Å². The highest BCUT2D eigenvalue weighted by molar-refractivity contribution is 5.62. The third kappa shape index (κ3) is 2.71. The van der Waals surface area contributed by atoms with Gasteiger partial charge in [-0.05, 0) is 31.2 Å². The maximum Gasteiger partial charge on any atom is 0.157 e. The molecule has 3 aromatic rings. The topological polar surface area (TPSA) is 59.5 Å². The lowest BCUT2D eigenvalue weighted by molar-refractivity contribution is 0.622. The van der Waals surface area contributed by atoms with E-state index in [4.69, 9.17) is 5.73 Å². The molecule has 0 aliphatic rings. The van der Waals surface area contributed by atoms with E-state index in [1.54, 1.807) is 22.8 Å². The van der Waals surface area contributed by atoms with Crippen LogP contribution in [0, 0.1) is 5.82 Å². The van der Waals surface area contributed by atoms with Crippen LogP contribution in [0.3, 0.4) is 0 Å². The van der Waals surface area contributed by atoms with Crippen molar-refractivity contribution in [2.45, 2.75) is 6.42 Å². The molecule has 2 aromatic heterocycles. The number of hydrogen-bond donors (Lipinski definition) is 1.